The molecule has 0 aliphatic heterocycles. The molecule has 0 aliphatic rings. The molecule has 178 valence electrons. The molecule has 0 saturated heterocycles. The summed E-state index contributed by atoms with van der Waals surface area (Å²) in [6.07, 6.45) is 0. The van der Waals surface area contributed by atoms with Crippen molar-refractivity contribution in [2.75, 3.05) is 26.6 Å². The summed E-state index contributed by atoms with van der Waals surface area (Å²) in [5, 5.41) is 17.8. The van der Waals surface area contributed by atoms with E-state index in [-0.39, 0.29) is 23.0 Å². The monoisotopic (exact) mass is 476 g/mol. The minimum atomic E-state index is -0.562. The van der Waals surface area contributed by atoms with Crippen molar-refractivity contribution in [1.29, 1.82) is 0 Å². The van der Waals surface area contributed by atoms with Crippen LogP contribution in [0.1, 0.15) is 10.4 Å². The van der Waals surface area contributed by atoms with Gasteiger partial charge in [-0.1, -0.05) is 23.4 Å². The van der Waals surface area contributed by atoms with Crippen LogP contribution in [0.5, 0.6) is 17.2 Å². The number of carbonyl (C=O) groups excluding carboxylic acids is 1. The van der Waals surface area contributed by atoms with Crippen LogP contribution in [-0.4, -0.2) is 42.3 Å². The van der Waals surface area contributed by atoms with E-state index in [1.807, 2.05) is 0 Å². The minimum Gasteiger partial charge on any atom is -0.493 e. The van der Waals surface area contributed by atoms with E-state index in [1.54, 1.807) is 36.4 Å². The molecule has 4 rings (SSSR count). The number of nitrogens with zero attached hydrogens (tertiary/aromatic N) is 3. The van der Waals surface area contributed by atoms with Crippen molar-refractivity contribution in [2.45, 2.75) is 0 Å². The predicted molar refractivity (Wildman–Crippen MR) is 126 cm³/mol. The number of nitro groups is 1. The van der Waals surface area contributed by atoms with Gasteiger partial charge in [0.25, 0.3) is 17.5 Å². The van der Waals surface area contributed by atoms with Crippen LogP contribution in [0.25, 0.3) is 22.8 Å². The second-order valence-electron chi connectivity index (χ2n) is 7.14. The van der Waals surface area contributed by atoms with Crippen molar-refractivity contribution >= 4 is 17.3 Å². The van der Waals surface area contributed by atoms with E-state index >= 15 is 0 Å². The number of methoxy groups -OCH3 is 3. The average molecular weight is 476 g/mol. The highest BCUT2D eigenvalue weighted by Crippen LogP contribution is 2.41. The highest BCUT2D eigenvalue weighted by Gasteiger charge is 2.20. The van der Waals surface area contributed by atoms with Gasteiger partial charge < -0.3 is 24.1 Å². The number of benzene rings is 3. The predicted octanol–water partition coefficient (Wildman–Crippen LogP) is 4.59. The minimum absolute atomic E-state index is 0.137. The average Bonchev–Trinajstić information content (AvgIpc) is 3.38. The first kappa shape index (κ1) is 23.2. The van der Waals surface area contributed by atoms with E-state index in [9.17, 15) is 14.9 Å². The molecule has 1 heterocycles. The van der Waals surface area contributed by atoms with Crippen molar-refractivity contribution in [3.8, 4) is 40.1 Å². The van der Waals surface area contributed by atoms with E-state index in [0.29, 0.717) is 34.1 Å². The smallest absolute Gasteiger partial charge is 0.270 e. The second-order valence-corrected chi connectivity index (χ2v) is 7.14. The summed E-state index contributed by atoms with van der Waals surface area (Å²) < 4.78 is 21.6. The van der Waals surface area contributed by atoms with E-state index in [4.69, 9.17) is 18.7 Å². The molecule has 11 heteroatoms. The fourth-order valence-electron chi connectivity index (χ4n) is 3.39. The molecule has 0 spiro atoms. The lowest BCUT2D eigenvalue weighted by Gasteiger charge is -2.12. The van der Waals surface area contributed by atoms with Crippen LogP contribution in [0, 0.1) is 10.1 Å². The highest BCUT2D eigenvalue weighted by molar-refractivity contribution is 6.06. The molecule has 0 atom stereocenters. The van der Waals surface area contributed by atoms with Crippen LogP contribution in [-0.2, 0) is 0 Å². The molecule has 0 radical (unpaired) electrons. The van der Waals surface area contributed by atoms with Crippen molar-refractivity contribution in [1.82, 2.24) is 10.1 Å². The Hall–Kier alpha value is -4.93. The molecule has 1 aromatic heterocycles. The second kappa shape index (κ2) is 9.91. The summed E-state index contributed by atoms with van der Waals surface area (Å²) in [7, 11) is 4.51. The number of hydrogen-bond acceptors (Lipinski definition) is 9. The first-order valence-electron chi connectivity index (χ1n) is 10.2. The van der Waals surface area contributed by atoms with Gasteiger partial charge in [0.1, 0.15) is 0 Å². The molecule has 11 nitrogen and oxygen atoms in total. The Labute approximate surface area is 199 Å². The van der Waals surface area contributed by atoms with E-state index < -0.39 is 10.8 Å². The first-order valence-corrected chi connectivity index (χ1v) is 10.2. The van der Waals surface area contributed by atoms with E-state index in [0.717, 1.165) is 0 Å². The zero-order chi connectivity index (χ0) is 24.9. The number of non-ortho nitro benzene ring substituents is 1. The van der Waals surface area contributed by atoms with Gasteiger partial charge in [-0.2, -0.15) is 4.98 Å². The number of rotatable bonds is 8. The number of carbonyl (C=O) groups is 1. The van der Waals surface area contributed by atoms with Gasteiger partial charge in [0.2, 0.25) is 11.6 Å². The summed E-state index contributed by atoms with van der Waals surface area (Å²) in [4.78, 5) is 27.7. The Kier molecular flexibility index (Phi) is 6.58. The zero-order valence-corrected chi connectivity index (χ0v) is 19.0. The van der Waals surface area contributed by atoms with Crippen molar-refractivity contribution in [2.24, 2.45) is 0 Å². The van der Waals surface area contributed by atoms with Gasteiger partial charge in [-0.3, -0.25) is 14.9 Å². The Morgan fingerprint density at radius 3 is 2.34 bits per heavy atom. The summed E-state index contributed by atoms with van der Waals surface area (Å²) in [6, 6.07) is 15.7. The van der Waals surface area contributed by atoms with Gasteiger partial charge in [-0.25, -0.2) is 0 Å². The van der Waals surface area contributed by atoms with Crippen LogP contribution >= 0.6 is 0 Å². The number of hydrogen-bond donors (Lipinski definition) is 1. The molecular weight excluding hydrogens is 456 g/mol. The lowest BCUT2D eigenvalue weighted by atomic mass is 10.1. The van der Waals surface area contributed by atoms with Crippen LogP contribution < -0.4 is 19.5 Å². The Balaban J connectivity index is 1.66. The van der Waals surface area contributed by atoms with E-state index in [1.165, 1.54) is 45.6 Å². The fraction of sp³-hybridized carbons (Fsp3) is 0.125. The molecule has 0 unspecified atom stereocenters. The molecular formula is C24H20N4O7. The third-order valence-corrected chi connectivity index (χ3v) is 5.07. The first-order chi connectivity index (χ1) is 16.9. The van der Waals surface area contributed by atoms with Gasteiger partial charge in [0.05, 0.1) is 37.5 Å². The molecule has 0 aliphatic carbocycles. The van der Waals surface area contributed by atoms with Gasteiger partial charge >= 0.3 is 0 Å². The summed E-state index contributed by atoms with van der Waals surface area (Å²) in [6.45, 7) is 0. The molecule has 1 amide bonds. The van der Waals surface area contributed by atoms with Gasteiger partial charge in [0.15, 0.2) is 11.5 Å². The Morgan fingerprint density at radius 2 is 1.69 bits per heavy atom. The largest absolute Gasteiger partial charge is 0.493 e. The maximum absolute atomic E-state index is 12.8. The Morgan fingerprint density at radius 1 is 0.971 bits per heavy atom. The fourth-order valence-corrected chi connectivity index (χ4v) is 3.39. The summed E-state index contributed by atoms with van der Waals surface area (Å²) in [5.74, 6) is 1.18. The van der Waals surface area contributed by atoms with Gasteiger partial charge in [-0.15, -0.1) is 0 Å². The molecule has 4 aromatic rings. The van der Waals surface area contributed by atoms with Crippen LogP contribution in [0.3, 0.4) is 0 Å². The van der Waals surface area contributed by atoms with Crippen molar-refractivity contribution in [3.05, 3.63) is 76.3 Å². The van der Waals surface area contributed by atoms with Crippen LogP contribution in [0.15, 0.2) is 65.2 Å². The topological polar surface area (TPSA) is 139 Å². The summed E-state index contributed by atoms with van der Waals surface area (Å²) >= 11 is 0. The zero-order valence-electron chi connectivity index (χ0n) is 19.0. The maximum atomic E-state index is 12.8. The molecule has 0 bridgehead atoms. The number of nitrogens with one attached hydrogen (secondary N) is 1. The highest BCUT2D eigenvalue weighted by atomic mass is 16.6. The lowest BCUT2D eigenvalue weighted by molar-refractivity contribution is -0.384. The normalized spacial score (nSPS) is 10.5. The van der Waals surface area contributed by atoms with Crippen LogP contribution in [0.4, 0.5) is 11.4 Å². The number of nitro benzene ring substituents is 1. The summed E-state index contributed by atoms with van der Waals surface area (Å²) in [5.41, 5.74) is 1.38. The van der Waals surface area contributed by atoms with Gasteiger partial charge in [-0.05, 0) is 30.3 Å². The van der Waals surface area contributed by atoms with Crippen molar-refractivity contribution < 1.29 is 28.5 Å². The third-order valence-electron chi connectivity index (χ3n) is 5.07. The number of anilines is 1. The molecule has 1 N–H and O–H groups in total. The SMILES string of the molecule is COc1cc(-c2noc(-c3ccccc3NC(=O)c3cccc([N+](=O)[O-])c3)n2)cc(OC)c1OC. The lowest BCUT2D eigenvalue weighted by Crippen LogP contribution is -2.12. The quantitative estimate of drug-likeness (QED) is 0.286. The number of aromatic nitrogens is 2. The maximum Gasteiger partial charge on any atom is 0.270 e. The van der Waals surface area contributed by atoms with Gasteiger partial charge in [0, 0.05) is 23.3 Å². The number of amides is 1. The molecule has 3 aromatic carbocycles. The molecule has 0 fully saturated rings. The standard InChI is InChI=1S/C24H20N4O7/c1-32-19-12-15(13-20(33-2)21(19)34-3)22-26-24(35-27-22)17-9-4-5-10-18(17)25-23(29)14-7-6-8-16(11-14)28(30)31/h4-13H,1-3H3,(H,25,29). The van der Waals surface area contributed by atoms with E-state index in [2.05, 4.69) is 15.5 Å². The number of ether oxygens (including phenoxy) is 3. The van der Waals surface area contributed by atoms with Crippen LogP contribution in [0.2, 0.25) is 0 Å². The van der Waals surface area contributed by atoms with Crippen molar-refractivity contribution in [3.63, 3.8) is 0 Å². The molecule has 35 heavy (non-hydrogen) atoms. The number of para-hydroxylation sites is 1. The molecule has 0 saturated carbocycles. The Bertz CT molecular complexity index is 1380. The third kappa shape index (κ3) is 4.74.